The van der Waals surface area contributed by atoms with Gasteiger partial charge in [0.25, 0.3) is 5.69 Å². The van der Waals surface area contributed by atoms with Crippen LogP contribution in [0, 0.1) is 17.0 Å². The van der Waals surface area contributed by atoms with Crippen molar-refractivity contribution in [2.75, 3.05) is 11.9 Å². The first-order valence-corrected chi connectivity index (χ1v) is 4.71. The van der Waals surface area contributed by atoms with E-state index >= 15 is 0 Å². The van der Waals surface area contributed by atoms with Crippen LogP contribution in [0.5, 0.6) is 0 Å². The van der Waals surface area contributed by atoms with Crippen molar-refractivity contribution in [3.05, 3.63) is 45.5 Å². The summed E-state index contributed by atoms with van der Waals surface area (Å²) in [4.78, 5) is 10.4. The second-order valence-corrected chi connectivity index (χ2v) is 3.63. The van der Waals surface area contributed by atoms with Crippen LogP contribution in [0.4, 0.5) is 11.4 Å². The zero-order valence-electron chi connectivity index (χ0n) is 8.29. The van der Waals surface area contributed by atoms with E-state index in [1.807, 2.05) is 0 Å². The summed E-state index contributed by atoms with van der Waals surface area (Å²) in [5.74, 6) is 0. The molecule has 0 saturated heterocycles. The van der Waals surface area contributed by atoms with Crippen molar-refractivity contribution in [1.29, 1.82) is 0 Å². The first kappa shape index (κ1) is 11.5. The molecule has 1 aromatic carbocycles. The molecule has 0 unspecified atom stereocenters. The summed E-state index contributed by atoms with van der Waals surface area (Å²) < 4.78 is 0. The van der Waals surface area contributed by atoms with Crippen LogP contribution in [0.25, 0.3) is 0 Å². The lowest BCUT2D eigenvalue weighted by Crippen LogP contribution is -2.04. The average Bonchev–Trinajstić information content (AvgIpc) is 2.13. The van der Waals surface area contributed by atoms with Gasteiger partial charge in [-0.3, -0.25) is 10.1 Å². The van der Waals surface area contributed by atoms with E-state index in [1.54, 1.807) is 25.1 Å². The minimum atomic E-state index is -0.408. The van der Waals surface area contributed by atoms with Gasteiger partial charge in [0.2, 0.25) is 0 Å². The maximum absolute atomic E-state index is 10.8. The van der Waals surface area contributed by atoms with Gasteiger partial charge in [-0.15, -0.1) is 0 Å². The summed E-state index contributed by atoms with van der Waals surface area (Å²) in [6, 6.07) is 5.09. The Morgan fingerprint density at radius 3 is 2.87 bits per heavy atom. The molecular weight excluding hydrogens is 216 g/mol. The van der Waals surface area contributed by atoms with Gasteiger partial charge >= 0.3 is 0 Å². The number of para-hydroxylation sites is 1. The molecule has 1 rings (SSSR count). The number of nitrogens with zero attached hydrogens (tertiary/aromatic N) is 1. The van der Waals surface area contributed by atoms with Crippen LogP contribution in [-0.4, -0.2) is 11.5 Å². The molecule has 0 saturated carbocycles. The molecule has 0 bridgehead atoms. The van der Waals surface area contributed by atoms with Crippen LogP contribution in [0.1, 0.15) is 5.56 Å². The fourth-order valence-electron chi connectivity index (χ4n) is 1.24. The molecule has 1 N–H and O–H groups in total. The molecule has 0 spiro atoms. The van der Waals surface area contributed by atoms with Crippen molar-refractivity contribution in [2.24, 2.45) is 0 Å². The van der Waals surface area contributed by atoms with Gasteiger partial charge in [-0.2, -0.15) is 0 Å². The highest BCUT2D eigenvalue weighted by atomic mass is 35.5. The highest BCUT2D eigenvalue weighted by molar-refractivity contribution is 6.29. The van der Waals surface area contributed by atoms with Crippen molar-refractivity contribution < 1.29 is 4.92 Å². The molecule has 0 aliphatic rings. The number of rotatable bonds is 4. The molecule has 0 aliphatic heterocycles. The van der Waals surface area contributed by atoms with Crippen molar-refractivity contribution in [3.63, 3.8) is 0 Å². The maximum atomic E-state index is 10.8. The normalized spacial score (nSPS) is 9.73. The van der Waals surface area contributed by atoms with Crippen molar-refractivity contribution in [1.82, 2.24) is 0 Å². The van der Waals surface area contributed by atoms with E-state index in [0.717, 1.165) is 0 Å². The molecule has 0 heterocycles. The van der Waals surface area contributed by atoms with E-state index in [-0.39, 0.29) is 5.69 Å². The topological polar surface area (TPSA) is 55.2 Å². The van der Waals surface area contributed by atoms with E-state index < -0.39 is 4.92 Å². The quantitative estimate of drug-likeness (QED) is 0.634. The van der Waals surface area contributed by atoms with Crippen LogP contribution in [-0.2, 0) is 0 Å². The van der Waals surface area contributed by atoms with Crippen LogP contribution in [0.15, 0.2) is 29.8 Å². The first-order chi connectivity index (χ1) is 7.02. The van der Waals surface area contributed by atoms with Crippen LogP contribution >= 0.6 is 11.6 Å². The predicted molar refractivity (Wildman–Crippen MR) is 61.3 cm³/mol. The fourth-order valence-corrected chi connectivity index (χ4v) is 1.30. The van der Waals surface area contributed by atoms with Crippen molar-refractivity contribution >= 4 is 23.0 Å². The second-order valence-electron chi connectivity index (χ2n) is 3.10. The molecule has 1 aromatic rings. The number of aryl methyl sites for hydroxylation is 1. The lowest BCUT2D eigenvalue weighted by Gasteiger charge is -2.07. The third-order valence-corrected chi connectivity index (χ3v) is 2.02. The molecule has 0 atom stereocenters. The Morgan fingerprint density at radius 2 is 2.33 bits per heavy atom. The lowest BCUT2D eigenvalue weighted by molar-refractivity contribution is -0.384. The highest BCUT2D eigenvalue weighted by Crippen LogP contribution is 2.27. The SMILES string of the molecule is C=C(Cl)CNc1cccc(C)c1[N+](=O)[O-]. The molecule has 0 aromatic heterocycles. The van der Waals surface area contributed by atoms with Gasteiger partial charge in [0, 0.05) is 10.6 Å². The number of anilines is 1. The zero-order valence-corrected chi connectivity index (χ0v) is 9.04. The summed E-state index contributed by atoms with van der Waals surface area (Å²) in [6.07, 6.45) is 0. The Morgan fingerprint density at radius 1 is 1.67 bits per heavy atom. The molecule has 0 amide bonds. The Hall–Kier alpha value is -1.55. The Labute approximate surface area is 92.7 Å². The van der Waals surface area contributed by atoms with E-state index in [9.17, 15) is 10.1 Å². The van der Waals surface area contributed by atoms with Crippen LogP contribution in [0.3, 0.4) is 0 Å². The summed E-state index contributed by atoms with van der Waals surface area (Å²) in [6.45, 7) is 5.50. The summed E-state index contributed by atoms with van der Waals surface area (Å²) in [7, 11) is 0. The smallest absolute Gasteiger partial charge is 0.295 e. The lowest BCUT2D eigenvalue weighted by atomic mass is 10.1. The second kappa shape index (κ2) is 4.79. The van der Waals surface area contributed by atoms with Gasteiger partial charge in [-0.25, -0.2) is 0 Å². The van der Waals surface area contributed by atoms with E-state index in [2.05, 4.69) is 11.9 Å². The Bertz CT molecular complexity index is 404. The highest BCUT2D eigenvalue weighted by Gasteiger charge is 2.15. The summed E-state index contributed by atoms with van der Waals surface area (Å²) in [5.41, 5.74) is 1.16. The average molecular weight is 227 g/mol. The molecule has 15 heavy (non-hydrogen) atoms. The Kier molecular flexibility index (Phi) is 3.68. The zero-order chi connectivity index (χ0) is 11.4. The standard InChI is InChI=1S/C10H11ClN2O2/c1-7-4-3-5-9(10(7)13(14)15)12-6-8(2)11/h3-5,12H,2,6H2,1H3. The van der Waals surface area contributed by atoms with E-state index in [1.165, 1.54) is 0 Å². The van der Waals surface area contributed by atoms with Crippen LogP contribution in [0.2, 0.25) is 0 Å². The fraction of sp³-hybridized carbons (Fsp3) is 0.200. The third kappa shape index (κ3) is 2.95. The van der Waals surface area contributed by atoms with Gasteiger partial charge in [0.1, 0.15) is 5.69 Å². The van der Waals surface area contributed by atoms with Crippen molar-refractivity contribution in [2.45, 2.75) is 6.92 Å². The molecular formula is C10H11ClN2O2. The number of hydrogen-bond donors (Lipinski definition) is 1. The molecule has 0 aliphatic carbocycles. The number of hydrogen-bond acceptors (Lipinski definition) is 3. The molecule has 0 radical (unpaired) electrons. The largest absolute Gasteiger partial charge is 0.375 e. The molecule has 0 fully saturated rings. The molecule has 80 valence electrons. The molecule has 5 heteroatoms. The van der Waals surface area contributed by atoms with Gasteiger partial charge in [0.15, 0.2) is 0 Å². The summed E-state index contributed by atoms with van der Waals surface area (Å²) in [5, 5.41) is 14.1. The van der Waals surface area contributed by atoms with Gasteiger partial charge in [0.05, 0.1) is 11.5 Å². The number of benzene rings is 1. The van der Waals surface area contributed by atoms with Crippen LogP contribution < -0.4 is 5.32 Å². The summed E-state index contributed by atoms with van der Waals surface area (Å²) >= 11 is 5.57. The number of nitrogens with one attached hydrogen (secondary N) is 1. The van der Waals surface area contributed by atoms with Gasteiger partial charge in [-0.1, -0.05) is 30.3 Å². The number of halogens is 1. The monoisotopic (exact) mass is 226 g/mol. The minimum absolute atomic E-state index is 0.0791. The van der Waals surface area contributed by atoms with E-state index in [4.69, 9.17) is 11.6 Å². The van der Waals surface area contributed by atoms with Crippen molar-refractivity contribution in [3.8, 4) is 0 Å². The number of nitro groups is 1. The first-order valence-electron chi connectivity index (χ1n) is 4.33. The minimum Gasteiger partial charge on any atom is -0.375 e. The van der Waals surface area contributed by atoms with E-state index in [0.29, 0.717) is 22.8 Å². The Balaban J connectivity index is 3.01. The molecule has 4 nitrogen and oxygen atoms in total. The third-order valence-electron chi connectivity index (χ3n) is 1.89. The predicted octanol–water partition coefficient (Wildman–Crippen LogP) is 3.07. The number of nitro benzene ring substituents is 1. The van der Waals surface area contributed by atoms with Gasteiger partial charge in [-0.05, 0) is 13.0 Å². The van der Waals surface area contributed by atoms with Gasteiger partial charge < -0.3 is 5.32 Å². The maximum Gasteiger partial charge on any atom is 0.295 e.